The van der Waals surface area contributed by atoms with Crippen molar-refractivity contribution in [3.63, 3.8) is 0 Å². The van der Waals surface area contributed by atoms with E-state index >= 15 is 0 Å². The summed E-state index contributed by atoms with van der Waals surface area (Å²) in [7, 11) is -7.42. The minimum atomic E-state index is -3.92. The number of hydrogen-bond donors (Lipinski definition) is 1. The van der Waals surface area contributed by atoms with Crippen molar-refractivity contribution < 1.29 is 35.7 Å². The largest absolute Gasteiger partial charge is 0.748 e. The number of sulfone groups is 1. The van der Waals surface area contributed by atoms with Gasteiger partial charge in [0.15, 0.2) is 9.84 Å². The predicted octanol–water partition coefficient (Wildman–Crippen LogP) is 2.77. The number of benzene rings is 2. The molecule has 0 saturated carbocycles. The molecule has 0 radical (unpaired) electrons. The average Bonchev–Trinajstić information content (AvgIpc) is 2.94. The quantitative estimate of drug-likeness (QED) is 0.289. The lowest BCUT2D eigenvalue weighted by atomic mass is 9.75. The Labute approximate surface area is 245 Å². The fourth-order valence-corrected chi connectivity index (χ4v) is 8.53. The molecule has 4 heterocycles. The summed E-state index contributed by atoms with van der Waals surface area (Å²) in [5.41, 5.74) is 1.80. The summed E-state index contributed by atoms with van der Waals surface area (Å²) < 4.78 is 60.9. The molecule has 2 aromatic rings. The molecule has 2 bridgehead atoms. The summed E-state index contributed by atoms with van der Waals surface area (Å²) in [4.78, 5) is 2.92. The number of fused-ring (bicyclic) bond motifs is 4. The second-order valence-electron chi connectivity index (χ2n) is 12.6. The van der Waals surface area contributed by atoms with E-state index in [0.29, 0.717) is 23.3 Å². The Morgan fingerprint density at radius 2 is 1.63 bits per heavy atom. The van der Waals surface area contributed by atoms with E-state index in [-0.39, 0.29) is 5.75 Å². The number of aryl methyl sites for hydroxylation is 1. The molecular weight excluding hydrogens is 564 g/mol. The van der Waals surface area contributed by atoms with Gasteiger partial charge in [0, 0.05) is 37.2 Å². The second kappa shape index (κ2) is 12.3. The maximum Gasteiger partial charge on any atom is 0.179 e. The Kier molecular flexibility index (Phi) is 9.57. The van der Waals surface area contributed by atoms with Gasteiger partial charge >= 0.3 is 0 Å². The van der Waals surface area contributed by atoms with Crippen molar-refractivity contribution in [2.45, 2.75) is 50.5 Å². The van der Waals surface area contributed by atoms with Gasteiger partial charge in [-0.2, -0.15) is 0 Å². The van der Waals surface area contributed by atoms with Crippen LogP contribution in [-0.4, -0.2) is 106 Å². The number of aliphatic hydroxyl groups is 1. The number of piperazine rings is 3. The molecule has 0 aromatic heterocycles. The van der Waals surface area contributed by atoms with Gasteiger partial charge in [0.25, 0.3) is 0 Å². The van der Waals surface area contributed by atoms with Gasteiger partial charge in [-0.25, -0.2) is 16.8 Å². The highest BCUT2D eigenvalue weighted by Crippen LogP contribution is 2.45. The highest BCUT2D eigenvalue weighted by atomic mass is 32.2. The van der Waals surface area contributed by atoms with Crippen molar-refractivity contribution in [2.24, 2.45) is 5.41 Å². The van der Waals surface area contributed by atoms with E-state index in [0.717, 1.165) is 23.3 Å². The van der Waals surface area contributed by atoms with Crippen molar-refractivity contribution in [2.75, 3.05) is 64.4 Å². The second-order valence-corrected chi connectivity index (χ2v) is 16.0. The normalized spacial score (nSPS) is 28.1. The lowest BCUT2D eigenvalue weighted by molar-refractivity contribution is -0.941. The van der Waals surface area contributed by atoms with Crippen molar-refractivity contribution >= 4 is 20.0 Å². The summed E-state index contributed by atoms with van der Waals surface area (Å²) in [6.07, 6.45) is 2.01. The fourth-order valence-electron chi connectivity index (χ4n) is 6.41. The van der Waals surface area contributed by atoms with Gasteiger partial charge in [0.05, 0.1) is 59.7 Å². The number of hydrogen-bond acceptors (Lipinski definition) is 8. The van der Waals surface area contributed by atoms with Crippen molar-refractivity contribution in [3.8, 4) is 5.75 Å². The third kappa shape index (κ3) is 8.09. The van der Waals surface area contributed by atoms with Crippen LogP contribution in [-0.2, 0) is 20.0 Å². The molecule has 0 spiro atoms. The van der Waals surface area contributed by atoms with Crippen molar-refractivity contribution in [1.29, 1.82) is 0 Å². The van der Waals surface area contributed by atoms with E-state index in [1.165, 1.54) is 56.7 Å². The zero-order valence-electron chi connectivity index (χ0n) is 24.6. The molecule has 6 rings (SSSR count). The van der Waals surface area contributed by atoms with Crippen LogP contribution in [0.5, 0.6) is 5.75 Å². The molecule has 4 aliphatic heterocycles. The molecule has 228 valence electrons. The van der Waals surface area contributed by atoms with E-state index in [1.54, 1.807) is 6.07 Å². The third-order valence-electron chi connectivity index (χ3n) is 8.72. The van der Waals surface area contributed by atoms with E-state index in [4.69, 9.17) is 17.7 Å². The van der Waals surface area contributed by atoms with Crippen LogP contribution in [0.3, 0.4) is 0 Å². The lowest BCUT2D eigenvalue weighted by Crippen LogP contribution is -2.67. The molecule has 2 atom stereocenters. The van der Waals surface area contributed by atoms with Crippen LogP contribution in [0.25, 0.3) is 0 Å². The number of nitrogens with zero attached hydrogens (tertiary/aromatic N) is 2. The third-order valence-corrected chi connectivity index (χ3v) is 10.9. The molecule has 1 N–H and O–H groups in total. The van der Waals surface area contributed by atoms with Gasteiger partial charge in [-0.05, 0) is 49.1 Å². The summed E-state index contributed by atoms with van der Waals surface area (Å²) in [6, 6.07) is 13.3. The summed E-state index contributed by atoms with van der Waals surface area (Å²) in [5.74, 6) is 0.324. The summed E-state index contributed by atoms with van der Waals surface area (Å²) in [6.45, 7) is 15.3. The molecule has 3 saturated heterocycles. The predicted molar refractivity (Wildman–Crippen MR) is 158 cm³/mol. The minimum absolute atomic E-state index is 0.0762. The average molecular weight is 609 g/mol. The monoisotopic (exact) mass is 608 g/mol. The Bertz CT molecular complexity index is 1390. The molecule has 11 heteroatoms. The molecule has 0 amide bonds. The Morgan fingerprint density at radius 1 is 1.05 bits per heavy atom. The maximum absolute atomic E-state index is 13.2. The topological polar surface area (TPSA) is 124 Å². The number of unbranched alkanes of at least 4 members (excludes halogenated alkanes) is 1. The van der Waals surface area contributed by atoms with Crippen LogP contribution in [0.2, 0.25) is 0 Å². The van der Waals surface area contributed by atoms with Crippen LogP contribution in [0.15, 0.2) is 47.4 Å². The first-order valence-electron chi connectivity index (χ1n) is 14.3. The van der Waals surface area contributed by atoms with Crippen molar-refractivity contribution in [3.05, 3.63) is 59.2 Å². The molecule has 2 aromatic carbocycles. The smallest absolute Gasteiger partial charge is 0.179 e. The summed E-state index contributed by atoms with van der Waals surface area (Å²) >= 11 is 0. The molecule has 3 fully saturated rings. The number of rotatable bonds is 7. The lowest BCUT2D eigenvalue weighted by Gasteiger charge is -2.50. The van der Waals surface area contributed by atoms with E-state index in [2.05, 4.69) is 4.90 Å². The number of aliphatic hydroxyl groups excluding tert-OH is 1. The van der Waals surface area contributed by atoms with Gasteiger partial charge in [0.1, 0.15) is 5.75 Å². The first-order chi connectivity index (χ1) is 19.1. The maximum atomic E-state index is 13.2. The van der Waals surface area contributed by atoms with E-state index in [1.807, 2.05) is 57.2 Å². The van der Waals surface area contributed by atoms with E-state index < -0.39 is 37.4 Å². The van der Waals surface area contributed by atoms with E-state index in [9.17, 15) is 13.5 Å². The van der Waals surface area contributed by atoms with Gasteiger partial charge in [0.2, 0.25) is 0 Å². The van der Waals surface area contributed by atoms with Crippen molar-refractivity contribution in [1.82, 2.24) is 4.90 Å². The van der Waals surface area contributed by atoms with Gasteiger partial charge in [-0.3, -0.25) is 4.90 Å². The first kappa shape index (κ1) is 31.9. The summed E-state index contributed by atoms with van der Waals surface area (Å²) in [5, 5.41) is 11.4. The number of quaternary nitrogens is 1. The minimum Gasteiger partial charge on any atom is -0.748 e. The van der Waals surface area contributed by atoms with Gasteiger partial charge in [-0.15, -0.1) is 0 Å². The zero-order valence-corrected chi connectivity index (χ0v) is 26.2. The van der Waals surface area contributed by atoms with Crippen LogP contribution >= 0.6 is 0 Å². The highest BCUT2D eigenvalue weighted by Gasteiger charge is 2.45. The number of ether oxygens (including phenoxy) is 1. The first-order valence-corrected chi connectivity index (χ1v) is 17.8. The fraction of sp³-hybridized carbons (Fsp3) is 0.600. The molecule has 41 heavy (non-hydrogen) atoms. The Morgan fingerprint density at radius 3 is 2.22 bits per heavy atom. The molecular formula is C30H44N2O7S2. The van der Waals surface area contributed by atoms with Crippen LogP contribution in [0.4, 0.5) is 0 Å². The Balaban J connectivity index is 0.000000714. The molecule has 9 nitrogen and oxygen atoms in total. The zero-order chi connectivity index (χ0) is 30.1. The van der Waals surface area contributed by atoms with Crippen LogP contribution in [0, 0.1) is 12.3 Å². The molecule has 0 aliphatic carbocycles. The van der Waals surface area contributed by atoms with Gasteiger partial charge < -0.3 is 18.9 Å². The van der Waals surface area contributed by atoms with Crippen LogP contribution in [0.1, 0.15) is 49.3 Å². The van der Waals surface area contributed by atoms with Gasteiger partial charge in [-0.1, -0.05) is 43.7 Å². The molecule has 4 aliphatic rings. The van der Waals surface area contributed by atoms with Crippen LogP contribution < -0.4 is 4.74 Å². The highest BCUT2D eigenvalue weighted by molar-refractivity contribution is 7.91. The SMILES string of the molecule is CS(=O)(=O)[O-].Cc1ccc2c(c1)[C@@H](c1ccc(OCCCC[N+]34CCN(CC3)CC4)cc1)[C@@H](O)C(C)(C)CS2(=O)=O. The Hall–Kier alpha value is -2.02. The standard InChI is InChI=1S/C29H41N2O4S.CH4O3S/c1-22-6-11-26-25(20-22)27(28(32)29(2,3)21-36(26,33)34)23-7-9-24(10-8-23)35-19-5-4-15-31-16-12-30(13-17-31)14-18-31;1-5(2,3)4/h6-11,20,27-28,32H,4-5,12-19,21H2,1-3H3;1H3,(H,2,3,4)/q+1;/p-1/t27-,28-;/m1./s1. The molecule has 0 unspecified atom stereocenters.